The Labute approximate surface area is 90.4 Å². The van der Waals surface area contributed by atoms with Crippen molar-refractivity contribution in [3.8, 4) is 12.3 Å². The molecule has 1 atom stereocenters. The zero-order chi connectivity index (χ0) is 11.2. The zero-order valence-electron chi connectivity index (χ0n) is 10.3. The van der Waals surface area contributed by atoms with Crippen LogP contribution in [-0.2, 0) is 4.43 Å². The lowest BCUT2D eigenvalue weighted by molar-refractivity contribution is 0.129. The van der Waals surface area contributed by atoms with E-state index in [1.54, 1.807) is 0 Å². The molecule has 0 fully saturated rings. The quantitative estimate of drug-likeness (QED) is 0.369. The van der Waals surface area contributed by atoms with E-state index in [1.165, 1.54) is 19.3 Å². The third kappa shape index (κ3) is 6.23. The summed E-state index contributed by atoms with van der Waals surface area (Å²) in [6.07, 6.45) is 10.2. The Morgan fingerprint density at radius 2 is 1.86 bits per heavy atom. The minimum absolute atomic E-state index is 0.334. The van der Waals surface area contributed by atoms with Crippen molar-refractivity contribution < 1.29 is 4.43 Å². The molecule has 0 heterocycles. The van der Waals surface area contributed by atoms with Gasteiger partial charge in [0.25, 0.3) is 0 Å². The molecule has 0 aliphatic carbocycles. The highest BCUT2D eigenvalue weighted by molar-refractivity contribution is 6.69. The maximum absolute atomic E-state index is 6.02. The second kappa shape index (κ2) is 5.58. The third-order valence-corrected chi connectivity index (χ3v) is 3.16. The Morgan fingerprint density at radius 1 is 1.29 bits per heavy atom. The molecule has 0 unspecified atom stereocenters. The van der Waals surface area contributed by atoms with E-state index in [9.17, 15) is 0 Å². The number of hydrogen-bond acceptors (Lipinski definition) is 1. The first-order chi connectivity index (χ1) is 6.33. The summed E-state index contributed by atoms with van der Waals surface area (Å²) in [7, 11) is -1.52. The highest BCUT2D eigenvalue weighted by Gasteiger charge is 2.28. The molecule has 0 aromatic carbocycles. The topological polar surface area (TPSA) is 9.23 Å². The van der Waals surface area contributed by atoms with Crippen LogP contribution in [0.1, 0.15) is 39.5 Å². The van der Waals surface area contributed by atoms with E-state index in [1.807, 2.05) is 6.92 Å². The number of terminal acetylenes is 1. The Morgan fingerprint density at radius 3 is 2.21 bits per heavy atom. The number of unbranched alkanes of at least 4 members (excludes halogenated alkanes) is 2. The van der Waals surface area contributed by atoms with Crippen molar-refractivity contribution in [3.63, 3.8) is 0 Å². The summed E-state index contributed by atoms with van der Waals surface area (Å²) < 4.78 is 6.02. The maximum atomic E-state index is 6.02. The average Bonchev–Trinajstić information content (AvgIpc) is 2.02. The van der Waals surface area contributed by atoms with Crippen molar-refractivity contribution in [2.24, 2.45) is 0 Å². The van der Waals surface area contributed by atoms with E-state index in [4.69, 9.17) is 10.8 Å². The minimum atomic E-state index is -1.52. The smallest absolute Gasteiger partial charge is 0.185 e. The van der Waals surface area contributed by atoms with Crippen molar-refractivity contribution >= 4 is 8.32 Å². The van der Waals surface area contributed by atoms with Crippen molar-refractivity contribution in [1.29, 1.82) is 0 Å². The molecule has 14 heavy (non-hydrogen) atoms. The van der Waals surface area contributed by atoms with Crippen LogP contribution in [-0.4, -0.2) is 13.9 Å². The fourth-order valence-corrected chi connectivity index (χ4v) is 3.05. The van der Waals surface area contributed by atoms with Gasteiger partial charge in [-0.1, -0.05) is 25.7 Å². The molecule has 2 heteroatoms. The summed E-state index contributed by atoms with van der Waals surface area (Å²) in [5, 5.41) is 0. The Bertz CT molecular complexity index is 199. The molecule has 0 rings (SSSR count). The van der Waals surface area contributed by atoms with Crippen LogP contribution in [0.4, 0.5) is 0 Å². The Balaban J connectivity index is 4.14. The van der Waals surface area contributed by atoms with Gasteiger partial charge in [-0.15, -0.1) is 6.42 Å². The van der Waals surface area contributed by atoms with Crippen molar-refractivity contribution in [3.05, 3.63) is 0 Å². The summed E-state index contributed by atoms with van der Waals surface area (Å²) in [6.45, 7) is 10.8. The molecule has 0 bridgehead atoms. The first-order valence-electron chi connectivity index (χ1n) is 5.51. The van der Waals surface area contributed by atoms with Gasteiger partial charge in [0.05, 0.1) is 0 Å². The van der Waals surface area contributed by atoms with Gasteiger partial charge in [0.2, 0.25) is 0 Å². The molecule has 0 amide bonds. The number of hydrogen-bond donors (Lipinski definition) is 0. The van der Waals surface area contributed by atoms with E-state index in [2.05, 4.69) is 32.5 Å². The lowest BCUT2D eigenvalue weighted by Gasteiger charge is -2.32. The molecule has 0 aliphatic heterocycles. The molecule has 0 radical (unpaired) electrons. The normalized spacial score (nSPS) is 16.0. The molecule has 0 spiro atoms. The van der Waals surface area contributed by atoms with E-state index >= 15 is 0 Å². The van der Waals surface area contributed by atoms with Gasteiger partial charge in [-0.2, -0.15) is 0 Å². The van der Waals surface area contributed by atoms with Crippen LogP contribution in [0.5, 0.6) is 0 Å². The maximum Gasteiger partial charge on any atom is 0.185 e. The zero-order valence-corrected chi connectivity index (χ0v) is 11.3. The van der Waals surface area contributed by atoms with E-state index in [0.29, 0.717) is 0 Å². The van der Waals surface area contributed by atoms with Gasteiger partial charge in [0.15, 0.2) is 8.32 Å². The highest BCUT2D eigenvalue weighted by Crippen LogP contribution is 2.23. The van der Waals surface area contributed by atoms with E-state index in [0.717, 1.165) is 6.42 Å². The fourth-order valence-electron chi connectivity index (χ4n) is 1.54. The largest absolute Gasteiger partial charge is 0.402 e. The molecule has 0 saturated heterocycles. The van der Waals surface area contributed by atoms with Crippen LogP contribution in [0, 0.1) is 12.3 Å². The van der Waals surface area contributed by atoms with Crippen LogP contribution >= 0.6 is 0 Å². The van der Waals surface area contributed by atoms with E-state index in [-0.39, 0.29) is 5.60 Å². The molecule has 0 N–H and O–H groups in total. The summed E-state index contributed by atoms with van der Waals surface area (Å²) >= 11 is 0. The molecule has 0 aromatic rings. The lowest BCUT2D eigenvalue weighted by Crippen LogP contribution is -2.39. The molecular weight excluding hydrogens is 188 g/mol. The molecule has 0 aromatic heterocycles. The van der Waals surface area contributed by atoms with Crippen molar-refractivity contribution in [1.82, 2.24) is 0 Å². The summed E-state index contributed by atoms with van der Waals surface area (Å²) in [6, 6.07) is 0. The third-order valence-electron chi connectivity index (χ3n) is 2.09. The van der Waals surface area contributed by atoms with Gasteiger partial charge in [-0.25, -0.2) is 0 Å². The lowest BCUT2D eigenvalue weighted by atomic mass is 10.00. The van der Waals surface area contributed by atoms with Crippen LogP contribution in [0.15, 0.2) is 0 Å². The van der Waals surface area contributed by atoms with Gasteiger partial charge < -0.3 is 4.43 Å². The standard InChI is InChI=1S/C12H24OSi/c1-7-9-10-11-12(3,8-2)13-14(4,5)6/h2H,7,9-11H2,1,3-6H3/t12-/m1/s1. The Hall–Kier alpha value is -0.263. The van der Waals surface area contributed by atoms with Gasteiger partial charge >= 0.3 is 0 Å². The summed E-state index contributed by atoms with van der Waals surface area (Å²) in [4.78, 5) is 0. The first-order valence-corrected chi connectivity index (χ1v) is 8.92. The predicted molar refractivity (Wildman–Crippen MR) is 65.8 cm³/mol. The monoisotopic (exact) mass is 212 g/mol. The van der Waals surface area contributed by atoms with Crippen LogP contribution in [0.2, 0.25) is 19.6 Å². The summed E-state index contributed by atoms with van der Waals surface area (Å²) in [5.74, 6) is 2.81. The molecule has 1 nitrogen and oxygen atoms in total. The average molecular weight is 212 g/mol. The molecule has 0 saturated carbocycles. The minimum Gasteiger partial charge on any atom is -0.402 e. The summed E-state index contributed by atoms with van der Waals surface area (Å²) in [5.41, 5.74) is -0.334. The second-order valence-electron chi connectivity index (χ2n) is 5.05. The van der Waals surface area contributed by atoms with Gasteiger partial charge in [0.1, 0.15) is 5.60 Å². The van der Waals surface area contributed by atoms with E-state index < -0.39 is 8.32 Å². The fraction of sp³-hybridized carbons (Fsp3) is 0.833. The Kier molecular flexibility index (Phi) is 5.47. The highest BCUT2D eigenvalue weighted by atomic mass is 28.4. The molecular formula is C12H24OSi. The van der Waals surface area contributed by atoms with Crippen LogP contribution in [0.3, 0.4) is 0 Å². The molecule has 82 valence electrons. The SMILES string of the molecule is C#C[C@](C)(CCCCC)O[Si](C)(C)C. The number of rotatable bonds is 6. The van der Waals surface area contributed by atoms with Crippen molar-refractivity contribution in [2.45, 2.75) is 64.8 Å². The van der Waals surface area contributed by atoms with Gasteiger partial charge in [-0.3, -0.25) is 0 Å². The van der Waals surface area contributed by atoms with Gasteiger partial charge in [-0.05, 0) is 39.4 Å². The van der Waals surface area contributed by atoms with Crippen LogP contribution < -0.4 is 0 Å². The van der Waals surface area contributed by atoms with Gasteiger partial charge in [0, 0.05) is 0 Å². The predicted octanol–water partition coefficient (Wildman–Crippen LogP) is 3.81. The molecule has 0 aliphatic rings. The van der Waals surface area contributed by atoms with Crippen LogP contribution in [0.25, 0.3) is 0 Å². The first kappa shape index (κ1) is 13.7. The second-order valence-corrected chi connectivity index (χ2v) is 9.48. The van der Waals surface area contributed by atoms with Crippen molar-refractivity contribution in [2.75, 3.05) is 0 Å².